The normalized spacial score (nSPS) is 23.0. The van der Waals surface area contributed by atoms with Crippen molar-refractivity contribution in [2.45, 2.75) is 64.1 Å². The van der Waals surface area contributed by atoms with Gasteiger partial charge in [0.2, 0.25) is 5.91 Å². The molecule has 1 saturated carbocycles. The van der Waals surface area contributed by atoms with Gasteiger partial charge in [-0.2, -0.15) is 0 Å². The molecule has 1 heterocycles. The summed E-state index contributed by atoms with van der Waals surface area (Å²) in [6.45, 7) is 9.15. The van der Waals surface area contributed by atoms with E-state index in [2.05, 4.69) is 4.90 Å². The molecule has 1 N–H and O–H groups in total. The number of aliphatic hydroxyl groups is 1. The summed E-state index contributed by atoms with van der Waals surface area (Å²) in [5.74, 6) is 0.127. The first-order chi connectivity index (χ1) is 10.5. The van der Waals surface area contributed by atoms with Gasteiger partial charge in [-0.3, -0.25) is 9.69 Å². The van der Waals surface area contributed by atoms with E-state index in [0.29, 0.717) is 6.42 Å². The van der Waals surface area contributed by atoms with Crippen LogP contribution in [-0.2, 0) is 9.53 Å². The minimum Gasteiger partial charge on any atom is -0.389 e. The lowest BCUT2D eigenvalue weighted by molar-refractivity contribution is -0.139. The summed E-state index contributed by atoms with van der Waals surface area (Å²) in [4.78, 5) is 16.7. The average molecular weight is 312 g/mol. The molecule has 1 amide bonds. The summed E-state index contributed by atoms with van der Waals surface area (Å²) >= 11 is 0. The Balaban J connectivity index is 1.68. The molecule has 0 aromatic heterocycles. The van der Waals surface area contributed by atoms with E-state index in [1.165, 1.54) is 6.42 Å². The van der Waals surface area contributed by atoms with Crippen LogP contribution < -0.4 is 0 Å². The maximum Gasteiger partial charge on any atom is 0.225 e. The van der Waals surface area contributed by atoms with Crippen LogP contribution in [0.2, 0.25) is 0 Å². The summed E-state index contributed by atoms with van der Waals surface area (Å²) in [5.41, 5.74) is -0.739. The van der Waals surface area contributed by atoms with Crippen LogP contribution in [0.25, 0.3) is 0 Å². The van der Waals surface area contributed by atoms with Gasteiger partial charge < -0.3 is 14.7 Å². The summed E-state index contributed by atoms with van der Waals surface area (Å²) in [5, 5.41) is 10.5. The predicted octanol–water partition coefficient (Wildman–Crippen LogP) is 1.64. The minimum atomic E-state index is -0.739. The van der Waals surface area contributed by atoms with Gasteiger partial charge in [0.15, 0.2) is 0 Å². The van der Waals surface area contributed by atoms with Crippen molar-refractivity contribution in [2.75, 3.05) is 39.3 Å². The predicted molar refractivity (Wildman–Crippen MR) is 86.8 cm³/mol. The largest absolute Gasteiger partial charge is 0.389 e. The highest BCUT2D eigenvalue weighted by Crippen LogP contribution is 2.31. The van der Waals surface area contributed by atoms with E-state index >= 15 is 0 Å². The molecule has 1 aliphatic carbocycles. The molecule has 0 bridgehead atoms. The molecular weight excluding hydrogens is 280 g/mol. The van der Waals surface area contributed by atoms with E-state index in [-0.39, 0.29) is 12.0 Å². The van der Waals surface area contributed by atoms with Crippen LogP contribution in [-0.4, -0.2) is 71.8 Å². The zero-order chi connectivity index (χ0) is 16.0. The van der Waals surface area contributed by atoms with Gasteiger partial charge >= 0.3 is 0 Å². The second kappa shape index (κ2) is 8.27. The van der Waals surface area contributed by atoms with E-state index in [4.69, 9.17) is 4.74 Å². The Morgan fingerprint density at radius 2 is 1.77 bits per heavy atom. The van der Waals surface area contributed by atoms with Crippen molar-refractivity contribution in [1.29, 1.82) is 0 Å². The number of carbonyl (C=O) groups excluding carboxylic acids is 1. The Labute approximate surface area is 134 Å². The van der Waals surface area contributed by atoms with E-state index in [0.717, 1.165) is 65.0 Å². The summed E-state index contributed by atoms with van der Waals surface area (Å²) in [7, 11) is 0. The molecule has 128 valence electrons. The maximum atomic E-state index is 12.4. The van der Waals surface area contributed by atoms with Crippen molar-refractivity contribution in [2.24, 2.45) is 0 Å². The molecule has 1 aliphatic heterocycles. The van der Waals surface area contributed by atoms with E-state index in [1.54, 1.807) is 0 Å². The van der Waals surface area contributed by atoms with Crippen molar-refractivity contribution < 1.29 is 14.6 Å². The zero-order valence-corrected chi connectivity index (χ0v) is 14.2. The number of hydrogen-bond acceptors (Lipinski definition) is 4. The number of carbonyl (C=O) groups is 1. The first kappa shape index (κ1) is 17.7. The molecule has 5 heteroatoms. The maximum absolute atomic E-state index is 12.4. The smallest absolute Gasteiger partial charge is 0.225 e. The lowest BCUT2D eigenvalue weighted by Crippen LogP contribution is -2.51. The molecule has 0 aromatic carbocycles. The molecule has 5 nitrogen and oxygen atoms in total. The SMILES string of the molecule is CC(C)OCCN1CCN(C(=O)CC2(O)CCCCC2)CC1. The standard InChI is InChI=1S/C17H32N2O3/c1-15(2)22-13-12-18-8-10-19(11-9-18)16(20)14-17(21)6-4-3-5-7-17/h15,21H,3-14H2,1-2H3. The van der Waals surface area contributed by atoms with Crippen LogP contribution in [0.5, 0.6) is 0 Å². The van der Waals surface area contributed by atoms with Crippen LogP contribution in [0, 0.1) is 0 Å². The van der Waals surface area contributed by atoms with Crippen LogP contribution in [0.3, 0.4) is 0 Å². The van der Waals surface area contributed by atoms with Gasteiger partial charge in [0.25, 0.3) is 0 Å². The topological polar surface area (TPSA) is 53.0 Å². The highest BCUT2D eigenvalue weighted by atomic mass is 16.5. The van der Waals surface area contributed by atoms with Crippen molar-refractivity contribution in [3.63, 3.8) is 0 Å². The number of rotatable bonds is 6. The third-order valence-electron chi connectivity index (χ3n) is 4.85. The van der Waals surface area contributed by atoms with Crippen molar-refractivity contribution in [3.05, 3.63) is 0 Å². The van der Waals surface area contributed by atoms with E-state index < -0.39 is 5.60 Å². The molecule has 0 unspecified atom stereocenters. The fraction of sp³-hybridized carbons (Fsp3) is 0.941. The third kappa shape index (κ3) is 5.52. The van der Waals surface area contributed by atoms with Crippen LogP contribution >= 0.6 is 0 Å². The number of nitrogens with zero attached hydrogens (tertiary/aromatic N) is 2. The van der Waals surface area contributed by atoms with Crippen LogP contribution in [0.15, 0.2) is 0 Å². The van der Waals surface area contributed by atoms with Crippen LogP contribution in [0.4, 0.5) is 0 Å². The first-order valence-electron chi connectivity index (χ1n) is 8.83. The molecule has 0 spiro atoms. The van der Waals surface area contributed by atoms with E-state index in [1.807, 2.05) is 18.7 Å². The molecular formula is C17H32N2O3. The van der Waals surface area contributed by atoms with Gasteiger partial charge in [0.05, 0.1) is 24.7 Å². The second-order valence-electron chi connectivity index (χ2n) is 7.10. The molecule has 0 aromatic rings. The number of piperazine rings is 1. The van der Waals surface area contributed by atoms with Gasteiger partial charge in [-0.15, -0.1) is 0 Å². The summed E-state index contributed by atoms with van der Waals surface area (Å²) < 4.78 is 5.58. The van der Waals surface area contributed by atoms with Gasteiger partial charge in [0, 0.05) is 32.7 Å². The van der Waals surface area contributed by atoms with Crippen LogP contribution in [0.1, 0.15) is 52.4 Å². The van der Waals surface area contributed by atoms with Crippen molar-refractivity contribution >= 4 is 5.91 Å². The Morgan fingerprint density at radius 1 is 1.14 bits per heavy atom. The number of amides is 1. The summed E-state index contributed by atoms with van der Waals surface area (Å²) in [6.07, 6.45) is 5.44. The van der Waals surface area contributed by atoms with Crippen molar-refractivity contribution in [3.8, 4) is 0 Å². The lowest BCUT2D eigenvalue weighted by atomic mass is 9.82. The minimum absolute atomic E-state index is 0.127. The Hall–Kier alpha value is -0.650. The lowest BCUT2D eigenvalue weighted by Gasteiger charge is -2.37. The molecule has 2 aliphatic rings. The number of hydrogen-bond donors (Lipinski definition) is 1. The summed E-state index contributed by atoms with van der Waals surface area (Å²) in [6, 6.07) is 0. The van der Waals surface area contributed by atoms with Gasteiger partial charge in [0.1, 0.15) is 0 Å². The molecule has 0 radical (unpaired) electrons. The van der Waals surface area contributed by atoms with Crippen molar-refractivity contribution in [1.82, 2.24) is 9.80 Å². The molecule has 2 fully saturated rings. The molecule has 22 heavy (non-hydrogen) atoms. The molecule has 0 atom stereocenters. The number of ether oxygens (including phenoxy) is 1. The highest BCUT2D eigenvalue weighted by Gasteiger charge is 2.34. The fourth-order valence-electron chi connectivity index (χ4n) is 3.42. The fourth-order valence-corrected chi connectivity index (χ4v) is 3.42. The monoisotopic (exact) mass is 312 g/mol. The van der Waals surface area contributed by atoms with E-state index in [9.17, 15) is 9.90 Å². The first-order valence-corrected chi connectivity index (χ1v) is 8.83. The van der Waals surface area contributed by atoms with Gasteiger partial charge in [-0.1, -0.05) is 19.3 Å². The molecule has 2 rings (SSSR count). The zero-order valence-electron chi connectivity index (χ0n) is 14.2. The Kier molecular flexibility index (Phi) is 6.66. The van der Waals surface area contributed by atoms with Gasteiger partial charge in [-0.05, 0) is 26.7 Å². The quantitative estimate of drug-likeness (QED) is 0.810. The average Bonchev–Trinajstić information content (AvgIpc) is 2.48. The second-order valence-corrected chi connectivity index (χ2v) is 7.10. The van der Waals surface area contributed by atoms with Gasteiger partial charge in [-0.25, -0.2) is 0 Å². The third-order valence-corrected chi connectivity index (χ3v) is 4.85. The molecule has 1 saturated heterocycles. The Bertz CT molecular complexity index is 346. The Morgan fingerprint density at radius 3 is 2.36 bits per heavy atom. The highest BCUT2D eigenvalue weighted by molar-refractivity contribution is 5.77.